The van der Waals surface area contributed by atoms with Gasteiger partial charge in [0.1, 0.15) is 0 Å². The van der Waals surface area contributed by atoms with Gasteiger partial charge in [-0.25, -0.2) is 0 Å². The lowest BCUT2D eigenvalue weighted by Gasteiger charge is -2.23. The predicted molar refractivity (Wildman–Crippen MR) is 63.8 cm³/mol. The Hall–Kier alpha value is -1.34. The van der Waals surface area contributed by atoms with Crippen molar-refractivity contribution in [1.82, 2.24) is 0 Å². The summed E-state index contributed by atoms with van der Waals surface area (Å²) >= 11 is 0. The number of rotatable bonds is 0. The second-order valence-corrected chi connectivity index (χ2v) is 4.36. The van der Waals surface area contributed by atoms with E-state index in [1.165, 1.54) is 34.7 Å². The molecule has 1 nitrogen and oxygen atoms in total. The first-order chi connectivity index (χ1) is 7.36. The second-order valence-electron chi connectivity index (χ2n) is 4.36. The van der Waals surface area contributed by atoms with Gasteiger partial charge in [0, 0.05) is 6.04 Å². The van der Waals surface area contributed by atoms with Crippen LogP contribution in [0.25, 0.3) is 10.8 Å². The third kappa shape index (κ3) is 1.35. The molecule has 0 saturated carbocycles. The number of fused-ring (bicyclic) bond motifs is 3. The van der Waals surface area contributed by atoms with E-state index in [9.17, 15) is 0 Å². The van der Waals surface area contributed by atoms with E-state index in [4.69, 9.17) is 5.73 Å². The molecule has 0 aromatic heterocycles. The van der Waals surface area contributed by atoms with E-state index in [0.29, 0.717) is 0 Å². The Kier molecular flexibility index (Phi) is 2.00. The van der Waals surface area contributed by atoms with Gasteiger partial charge in [-0.1, -0.05) is 36.4 Å². The molecule has 0 spiro atoms. The molecule has 2 N–H and O–H groups in total. The van der Waals surface area contributed by atoms with E-state index < -0.39 is 0 Å². The molecule has 0 fully saturated rings. The molecular formula is C14H15N. The molecule has 1 unspecified atom stereocenters. The highest BCUT2D eigenvalue weighted by Crippen LogP contribution is 2.33. The van der Waals surface area contributed by atoms with Crippen LogP contribution in [-0.2, 0) is 6.42 Å². The van der Waals surface area contributed by atoms with Crippen molar-refractivity contribution in [2.75, 3.05) is 0 Å². The average molecular weight is 197 g/mol. The zero-order valence-electron chi connectivity index (χ0n) is 8.74. The summed E-state index contributed by atoms with van der Waals surface area (Å²) in [5.74, 6) is 0. The number of hydrogen-bond acceptors (Lipinski definition) is 1. The first kappa shape index (κ1) is 8.93. The van der Waals surface area contributed by atoms with Crippen molar-refractivity contribution in [3.63, 3.8) is 0 Å². The molecule has 76 valence electrons. The van der Waals surface area contributed by atoms with E-state index in [-0.39, 0.29) is 6.04 Å². The molecule has 2 aromatic rings. The quantitative estimate of drug-likeness (QED) is 0.689. The van der Waals surface area contributed by atoms with Gasteiger partial charge in [-0.05, 0) is 41.2 Å². The topological polar surface area (TPSA) is 26.0 Å². The highest BCUT2D eigenvalue weighted by Gasteiger charge is 2.18. The summed E-state index contributed by atoms with van der Waals surface area (Å²) in [5, 5.41) is 2.66. The van der Waals surface area contributed by atoms with Crippen LogP contribution in [0.15, 0.2) is 36.4 Å². The summed E-state index contributed by atoms with van der Waals surface area (Å²) in [7, 11) is 0. The van der Waals surface area contributed by atoms with E-state index in [2.05, 4.69) is 36.4 Å². The fourth-order valence-corrected chi connectivity index (χ4v) is 2.65. The summed E-state index contributed by atoms with van der Waals surface area (Å²) < 4.78 is 0. The lowest BCUT2D eigenvalue weighted by molar-refractivity contribution is 0.575. The number of benzene rings is 2. The van der Waals surface area contributed by atoms with Crippen molar-refractivity contribution in [3.05, 3.63) is 47.5 Å². The normalized spacial score (nSPS) is 20.2. The maximum Gasteiger partial charge on any atom is 0.0303 e. The minimum atomic E-state index is 0.236. The Morgan fingerprint density at radius 1 is 1.07 bits per heavy atom. The van der Waals surface area contributed by atoms with Crippen molar-refractivity contribution in [1.29, 1.82) is 0 Å². The highest BCUT2D eigenvalue weighted by molar-refractivity contribution is 5.87. The molecule has 0 saturated heterocycles. The maximum absolute atomic E-state index is 6.21. The van der Waals surface area contributed by atoms with E-state index in [1.54, 1.807) is 0 Å². The molecule has 1 aliphatic rings. The van der Waals surface area contributed by atoms with E-state index in [1.807, 2.05) is 0 Å². The van der Waals surface area contributed by atoms with E-state index >= 15 is 0 Å². The van der Waals surface area contributed by atoms with Gasteiger partial charge >= 0.3 is 0 Å². The maximum atomic E-state index is 6.21. The molecule has 1 aliphatic carbocycles. The lowest BCUT2D eigenvalue weighted by atomic mass is 9.85. The van der Waals surface area contributed by atoms with Crippen LogP contribution in [-0.4, -0.2) is 0 Å². The van der Waals surface area contributed by atoms with Gasteiger partial charge in [0.25, 0.3) is 0 Å². The zero-order valence-corrected chi connectivity index (χ0v) is 8.74. The summed E-state index contributed by atoms with van der Waals surface area (Å²) in [6.07, 6.45) is 3.54. The smallest absolute Gasteiger partial charge is 0.0303 e. The monoisotopic (exact) mass is 197 g/mol. The molecule has 0 aliphatic heterocycles. The fourth-order valence-electron chi connectivity index (χ4n) is 2.65. The minimum absolute atomic E-state index is 0.236. The van der Waals surface area contributed by atoms with E-state index in [0.717, 1.165) is 6.42 Å². The molecule has 0 amide bonds. The minimum Gasteiger partial charge on any atom is -0.324 e. The summed E-state index contributed by atoms with van der Waals surface area (Å²) in [6, 6.07) is 13.2. The molecule has 1 heteroatoms. The SMILES string of the molecule is NC1CCCc2ccc3ccccc3c21. The second kappa shape index (κ2) is 3.35. The molecule has 15 heavy (non-hydrogen) atoms. The van der Waals surface area contributed by atoms with Crippen LogP contribution >= 0.6 is 0 Å². The van der Waals surface area contributed by atoms with Gasteiger partial charge in [-0.2, -0.15) is 0 Å². The van der Waals surface area contributed by atoms with Gasteiger partial charge in [-0.3, -0.25) is 0 Å². The summed E-state index contributed by atoms with van der Waals surface area (Å²) in [4.78, 5) is 0. The zero-order chi connectivity index (χ0) is 10.3. The molecule has 3 rings (SSSR count). The standard InChI is InChI=1S/C14H15N/c15-13-7-3-5-11-9-8-10-4-1-2-6-12(10)14(11)13/h1-2,4,6,8-9,13H,3,5,7,15H2. The van der Waals surface area contributed by atoms with Crippen molar-refractivity contribution >= 4 is 10.8 Å². The summed E-state index contributed by atoms with van der Waals surface area (Å²) in [5.41, 5.74) is 9.05. The Morgan fingerprint density at radius 3 is 2.87 bits per heavy atom. The van der Waals surface area contributed by atoms with Gasteiger partial charge in [0.05, 0.1) is 0 Å². The molecule has 0 heterocycles. The van der Waals surface area contributed by atoms with Crippen LogP contribution in [0, 0.1) is 0 Å². The van der Waals surface area contributed by atoms with Crippen LogP contribution < -0.4 is 5.73 Å². The molecule has 2 aromatic carbocycles. The third-order valence-corrected chi connectivity index (χ3v) is 3.39. The first-order valence-corrected chi connectivity index (χ1v) is 5.62. The van der Waals surface area contributed by atoms with Crippen LogP contribution in [0.1, 0.15) is 30.0 Å². The van der Waals surface area contributed by atoms with Crippen LogP contribution in [0.3, 0.4) is 0 Å². The largest absolute Gasteiger partial charge is 0.324 e. The molecule has 0 radical (unpaired) electrons. The molecular weight excluding hydrogens is 182 g/mol. The predicted octanol–water partition coefficient (Wildman–Crippen LogP) is 3.18. The number of nitrogens with two attached hydrogens (primary N) is 1. The number of hydrogen-bond donors (Lipinski definition) is 1. The average Bonchev–Trinajstić information content (AvgIpc) is 2.29. The highest BCUT2D eigenvalue weighted by atomic mass is 14.6. The van der Waals surface area contributed by atoms with Crippen molar-refractivity contribution in [2.45, 2.75) is 25.3 Å². The van der Waals surface area contributed by atoms with Gasteiger partial charge < -0.3 is 5.73 Å². The van der Waals surface area contributed by atoms with Crippen LogP contribution in [0.2, 0.25) is 0 Å². The third-order valence-electron chi connectivity index (χ3n) is 3.39. The Bertz CT molecular complexity index is 502. The van der Waals surface area contributed by atoms with Crippen molar-refractivity contribution in [3.8, 4) is 0 Å². The van der Waals surface area contributed by atoms with Gasteiger partial charge in [0.2, 0.25) is 0 Å². The number of aryl methyl sites for hydroxylation is 1. The fraction of sp³-hybridized carbons (Fsp3) is 0.286. The Labute approximate surface area is 89.9 Å². The molecule has 0 bridgehead atoms. The van der Waals surface area contributed by atoms with Crippen molar-refractivity contribution < 1.29 is 0 Å². The summed E-state index contributed by atoms with van der Waals surface area (Å²) in [6.45, 7) is 0. The van der Waals surface area contributed by atoms with Crippen molar-refractivity contribution in [2.24, 2.45) is 5.73 Å². The Morgan fingerprint density at radius 2 is 1.93 bits per heavy atom. The lowest BCUT2D eigenvalue weighted by Crippen LogP contribution is -2.17. The van der Waals surface area contributed by atoms with Crippen LogP contribution in [0.4, 0.5) is 0 Å². The molecule has 1 atom stereocenters. The first-order valence-electron chi connectivity index (χ1n) is 5.62. The van der Waals surface area contributed by atoms with Gasteiger partial charge in [0.15, 0.2) is 0 Å². The van der Waals surface area contributed by atoms with Gasteiger partial charge in [-0.15, -0.1) is 0 Å². The van der Waals surface area contributed by atoms with Crippen LogP contribution in [0.5, 0.6) is 0 Å². The Balaban J connectivity index is 2.35.